The molecule has 2 saturated heterocycles. The number of rotatable bonds is 5. The van der Waals surface area contributed by atoms with Crippen molar-refractivity contribution >= 4 is 15.9 Å². The quantitative estimate of drug-likeness (QED) is 0.707. The van der Waals surface area contributed by atoms with E-state index < -0.39 is 10.0 Å². The third kappa shape index (κ3) is 3.91. The molecule has 0 atom stereocenters. The van der Waals surface area contributed by atoms with Crippen molar-refractivity contribution in [2.45, 2.75) is 24.0 Å². The normalized spacial score (nSPS) is 20.0. The minimum Gasteiger partial charge on any atom is -0.350 e. The topological polar surface area (TPSA) is 85.4 Å². The van der Waals surface area contributed by atoms with Gasteiger partial charge in [0.2, 0.25) is 0 Å². The average molecular weight is 384 g/mol. The van der Waals surface area contributed by atoms with Gasteiger partial charge in [0.1, 0.15) is 0 Å². The Bertz CT molecular complexity index is 739. The second kappa shape index (κ2) is 8.01. The summed E-state index contributed by atoms with van der Waals surface area (Å²) in [4.78, 5) is 19.3. The largest absolute Gasteiger partial charge is 0.350 e. The van der Waals surface area contributed by atoms with Gasteiger partial charge in [0, 0.05) is 31.6 Å². The Morgan fingerprint density at radius 2 is 1.88 bits per heavy atom. The van der Waals surface area contributed by atoms with Gasteiger partial charge >= 0.3 is 0 Å². The van der Waals surface area contributed by atoms with Gasteiger partial charge < -0.3 is 14.4 Å². The van der Waals surface area contributed by atoms with E-state index >= 15 is 0 Å². The van der Waals surface area contributed by atoms with Crippen LogP contribution in [0.2, 0.25) is 0 Å². The van der Waals surface area contributed by atoms with Gasteiger partial charge in [-0.05, 0) is 31.0 Å². The Morgan fingerprint density at radius 1 is 1.23 bits per heavy atom. The van der Waals surface area contributed by atoms with Crippen LogP contribution in [0.1, 0.15) is 23.2 Å². The van der Waals surface area contributed by atoms with E-state index in [1.165, 1.54) is 26.3 Å². The number of hydrogen-bond acceptors (Lipinski definition) is 6. The van der Waals surface area contributed by atoms with Crippen molar-refractivity contribution in [1.82, 2.24) is 9.37 Å². The van der Waals surface area contributed by atoms with E-state index in [0.717, 1.165) is 17.3 Å². The lowest BCUT2D eigenvalue weighted by Gasteiger charge is -2.34. The molecule has 0 spiro atoms. The first-order valence-electron chi connectivity index (χ1n) is 8.59. The first-order chi connectivity index (χ1) is 12.4. The molecule has 2 aliphatic heterocycles. The van der Waals surface area contributed by atoms with Crippen LogP contribution in [0, 0.1) is 5.92 Å². The number of carbonyl (C=O) groups excluding carboxylic acids is 1. The molecule has 1 aromatic rings. The van der Waals surface area contributed by atoms with Gasteiger partial charge in [0.25, 0.3) is 15.9 Å². The molecule has 1 aromatic carbocycles. The number of nitrogens with zero attached hydrogens (tertiary/aromatic N) is 2. The van der Waals surface area contributed by atoms with Crippen LogP contribution in [0.4, 0.5) is 0 Å². The highest BCUT2D eigenvalue weighted by molar-refractivity contribution is 7.89. The van der Waals surface area contributed by atoms with Gasteiger partial charge in [-0.3, -0.25) is 9.63 Å². The van der Waals surface area contributed by atoms with Gasteiger partial charge in [-0.25, -0.2) is 8.42 Å². The second-order valence-corrected chi connectivity index (χ2v) is 8.30. The first kappa shape index (κ1) is 19.2. The van der Waals surface area contributed by atoms with Crippen molar-refractivity contribution in [3.05, 3.63) is 29.8 Å². The molecular weight excluding hydrogens is 360 g/mol. The highest BCUT2D eigenvalue weighted by Gasteiger charge is 2.32. The molecule has 0 unspecified atom stereocenters. The van der Waals surface area contributed by atoms with E-state index in [4.69, 9.17) is 14.3 Å². The summed E-state index contributed by atoms with van der Waals surface area (Å²) >= 11 is 0. The Hall–Kier alpha value is -1.52. The summed E-state index contributed by atoms with van der Waals surface area (Å²) in [5, 5.41) is 0. The monoisotopic (exact) mass is 384 g/mol. The molecule has 0 aliphatic carbocycles. The zero-order valence-corrected chi connectivity index (χ0v) is 15.8. The standard InChI is InChI=1S/C17H24N2O6S/c1-18(23-2)26(21,22)15-5-3-4-14(12-15)16(20)19-8-6-13(7-9-19)17-24-10-11-25-17/h3-5,12-13,17H,6-11H2,1-2H3. The van der Waals surface area contributed by atoms with E-state index in [0.29, 0.717) is 37.8 Å². The zero-order valence-electron chi connectivity index (χ0n) is 15.0. The van der Waals surface area contributed by atoms with Crippen molar-refractivity contribution in [3.8, 4) is 0 Å². The van der Waals surface area contributed by atoms with Gasteiger partial charge in [-0.15, -0.1) is 0 Å². The van der Waals surface area contributed by atoms with E-state index in [-0.39, 0.29) is 17.1 Å². The molecule has 0 radical (unpaired) electrons. The highest BCUT2D eigenvalue weighted by atomic mass is 32.2. The summed E-state index contributed by atoms with van der Waals surface area (Å²) in [5.74, 6) is 0.123. The maximum Gasteiger partial charge on any atom is 0.264 e. The maximum atomic E-state index is 12.8. The Labute approximate surface area is 153 Å². The molecule has 2 aliphatic rings. The molecule has 0 aromatic heterocycles. The van der Waals surface area contributed by atoms with Crippen LogP contribution in [0.5, 0.6) is 0 Å². The number of hydrogen-bond donors (Lipinski definition) is 0. The fourth-order valence-electron chi connectivity index (χ4n) is 3.24. The summed E-state index contributed by atoms with van der Waals surface area (Å²) < 4.78 is 36.6. The lowest BCUT2D eigenvalue weighted by molar-refractivity contribution is -0.0956. The molecule has 8 nitrogen and oxygen atoms in total. The number of sulfonamides is 1. The average Bonchev–Trinajstić information content (AvgIpc) is 3.21. The van der Waals surface area contributed by atoms with Gasteiger partial charge in [0.15, 0.2) is 6.29 Å². The SMILES string of the molecule is CON(C)S(=O)(=O)c1cccc(C(=O)N2CCC(C3OCCO3)CC2)c1. The number of likely N-dealkylation sites (tertiary alicyclic amines) is 1. The predicted octanol–water partition coefficient (Wildman–Crippen LogP) is 1.09. The molecule has 1 amide bonds. The molecule has 2 fully saturated rings. The van der Waals surface area contributed by atoms with Crippen molar-refractivity contribution in [1.29, 1.82) is 0 Å². The molecule has 144 valence electrons. The fraction of sp³-hybridized carbons (Fsp3) is 0.588. The second-order valence-electron chi connectivity index (χ2n) is 6.36. The first-order valence-corrected chi connectivity index (χ1v) is 10.0. The molecule has 0 N–H and O–H groups in total. The minimum atomic E-state index is -3.79. The van der Waals surface area contributed by atoms with Gasteiger partial charge in [0.05, 0.1) is 25.2 Å². The Balaban J connectivity index is 1.68. The third-order valence-corrected chi connectivity index (χ3v) is 6.51. The van der Waals surface area contributed by atoms with Crippen molar-refractivity contribution < 1.29 is 27.5 Å². The maximum absolute atomic E-state index is 12.8. The zero-order chi connectivity index (χ0) is 18.7. The lowest BCUT2D eigenvalue weighted by atomic mass is 9.95. The number of amides is 1. The van der Waals surface area contributed by atoms with Crippen LogP contribution in [-0.2, 0) is 24.3 Å². The summed E-state index contributed by atoms with van der Waals surface area (Å²) in [7, 11) is -1.21. The smallest absolute Gasteiger partial charge is 0.264 e. The van der Waals surface area contributed by atoms with Gasteiger partial charge in [-0.2, -0.15) is 0 Å². The van der Waals surface area contributed by atoms with Crippen LogP contribution < -0.4 is 0 Å². The van der Waals surface area contributed by atoms with E-state index in [2.05, 4.69) is 0 Å². The lowest BCUT2D eigenvalue weighted by Crippen LogP contribution is -2.41. The van der Waals surface area contributed by atoms with E-state index in [9.17, 15) is 13.2 Å². The molecule has 0 bridgehead atoms. The van der Waals surface area contributed by atoms with Crippen LogP contribution in [0.25, 0.3) is 0 Å². The predicted molar refractivity (Wildman–Crippen MR) is 92.7 cm³/mol. The molecule has 0 saturated carbocycles. The summed E-state index contributed by atoms with van der Waals surface area (Å²) in [6, 6.07) is 6.03. The Morgan fingerprint density at radius 3 is 2.50 bits per heavy atom. The molecular formula is C17H24N2O6S. The van der Waals surface area contributed by atoms with Crippen LogP contribution >= 0.6 is 0 Å². The minimum absolute atomic E-state index is 0.0235. The summed E-state index contributed by atoms with van der Waals surface area (Å²) in [6.07, 6.45) is 1.45. The molecule has 26 heavy (non-hydrogen) atoms. The number of hydroxylamine groups is 1. The van der Waals surface area contributed by atoms with E-state index in [1.54, 1.807) is 17.0 Å². The van der Waals surface area contributed by atoms with Crippen LogP contribution in [0.15, 0.2) is 29.2 Å². The van der Waals surface area contributed by atoms with Crippen molar-refractivity contribution in [2.24, 2.45) is 5.92 Å². The van der Waals surface area contributed by atoms with Crippen LogP contribution in [-0.4, -0.2) is 70.4 Å². The third-order valence-electron chi connectivity index (χ3n) is 4.83. The molecule has 2 heterocycles. The Kier molecular flexibility index (Phi) is 5.93. The van der Waals surface area contributed by atoms with Crippen molar-refractivity contribution in [2.75, 3.05) is 40.5 Å². The van der Waals surface area contributed by atoms with Gasteiger partial charge in [-0.1, -0.05) is 10.5 Å². The van der Waals surface area contributed by atoms with Crippen molar-refractivity contribution in [3.63, 3.8) is 0 Å². The van der Waals surface area contributed by atoms with E-state index in [1.807, 2.05) is 0 Å². The number of ether oxygens (including phenoxy) is 2. The van der Waals surface area contributed by atoms with Crippen LogP contribution in [0.3, 0.4) is 0 Å². The molecule has 3 rings (SSSR count). The fourth-order valence-corrected chi connectivity index (χ4v) is 4.26. The summed E-state index contributed by atoms with van der Waals surface area (Å²) in [5.41, 5.74) is 0.349. The molecule has 9 heteroatoms. The number of piperidine rings is 1. The highest BCUT2D eigenvalue weighted by Crippen LogP contribution is 2.27. The summed E-state index contributed by atoms with van der Waals surface area (Å²) in [6.45, 7) is 2.45. The number of benzene rings is 1. The number of carbonyl (C=O) groups is 1.